The zero-order valence-electron chi connectivity index (χ0n) is 20.1. The highest BCUT2D eigenvalue weighted by atomic mass is 35.5. The average Bonchev–Trinajstić information content (AvgIpc) is 3.06. The Kier molecular flexibility index (Phi) is 7.70. The highest BCUT2D eigenvalue weighted by Gasteiger charge is 2.33. The number of aliphatic hydroxyl groups is 2. The molecule has 5 rings (SSSR count). The number of benzene rings is 1. The number of piperidine rings is 1. The molecule has 0 amide bonds. The third-order valence-electron chi connectivity index (χ3n) is 6.99. The molecule has 188 valence electrons. The lowest BCUT2D eigenvalue weighted by atomic mass is 9.84. The maximum atomic E-state index is 11.2. The van der Waals surface area contributed by atoms with Crippen molar-refractivity contribution in [3.05, 3.63) is 100 Å². The first-order valence-corrected chi connectivity index (χ1v) is 12.8. The first-order chi connectivity index (χ1) is 17.6. The monoisotopic (exact) mass is 506 g/mol. The molecule has 1 atom stereocenters. The van der Waals surface area contributed by atoms with Crippen LogP contribution in [0.2, 0.25) is 5.02 Å². The van der Waals surface area contributed by atoms with Crippen LogP contribution >= 0.6 is 11.6 Å². The van der Waals surface area contributed by atoms with Gasteiger partial charge in [-0.15, -0.1) is 0 Å². The molecular weight excluding hydrogens is 476 g/mol. The molecule has 2 N–H and O–H groups in total. The van der Waals surface area contributed by atoms with E-state index in [0.717, 1.165) is 48.3 Å². The minimum absolute atomic E-state index is 0.0367. The van der Waals surface area contributed by atoms with Gasteiger partial charge in [-0.2, -0.15) is 0 Å². The van der Waals surface area contributed by atoms with Gasteiger partial charge < -0.3 is 24.6 Å². The molecule has 0 radical (unpaired) electrons. The van der Waals surface area contributed by atoms with E-state index in [0.29, 0.717) is 29.5 Å². The van der Waals surface area contributed by atoms with Crippen molar-refractivity contribution in [2.24, 2.45) is 0 Å². The van der Waals surface area contributed by atoms with Gasteiger partial charge in [0, 0.05) is 42.0 Å². The summed E-state index contributed by atoms with van der Waals surface area (Å²) in [5.41, 5.74) is 3.04. The summed E-state index contributed by atoms with van der Waals surface area (Å²) in [6.45, 7) is 2.78. The highest BCUT2D eigenvalue weighted by molar-refractivity contribution is 6.30. The fourth-order valence-electron chi connectivity index (χ4n) is 4.96. The maximum absolute atomic E-state index is 11.2. The van der Waals surface area contributed by atoms with Crippen LogP contribution in [0.25, 0.3) is 5.57 Å². The molecule has 6 nitrogen and oxygen atoms in total. The van der Waals surface area contributed by atoms with Crippen molar-refractivity contribution in [2.45, 2.75) is 31.0 Å². The Hall–Kier alpha value is -2.74. The number of halogens is 1. The van der Waals surface area contributed by atoms with Crippen LogP contribution in [-0.4, -0.2) is 59.0 Å². The van der Waals surface area contributed by atoms with Crippen LogP contribution in [0, 0.1) is 0 Å². The van der Waals surface area contributed by atoms with Crippen LogP contribution in [0.15, 0.2) is 84.3 Å². The molecule has 36 heavy (non-hydrogen) atoms. The van der Waals surface area contributed by atoms with E-state index in [1.807, 2.05) is 54.6 Å². The number of nitrogens with zero attached hydrogens (tertiary/aromatic N) is 2. The molecule has 1 aliphatic carbocycles. The average molecular weight is 507 g/mol. The number of rotatable bonds is 7. The van der Waals surface area contributed by atoms with Gasteiger partial charge in [-0.1, -0.05) is 42.0 Å². The van der Waals surface area contributed by atoms with Crippen LogP contribution in [0.3, 0.4) is 0 Å². The number of hydrogen-bond acceptors (Lipinski definition) is 6. The van der Waals surface area contributed by atoms with Gasteiger partial charge in [0.25, 0.3) is 0 Å². The Balaban J connectivity index is 1.29. The molecule has 1 aromatic carbocycles. The van der Waals surface area contributed by atoms with Crippen molar-refractivity contribution in [1.82, 2.24) is 9.88 Å². The zero-order valence-corrected chi connectivity index (χ0v) is 20.9. The molecule has 1 fully saturated rings. The Labute approximate surface area is 216 Å². The van der Waals surface area contributed by atoms with Crippen molar-refractivity contribution < 1.29 is 19.7 Å². The molecular formula is C29H31ClN2O4. The van der Waals surface area contributed by atoms with Gasteiger partial charge in [0.1, 0.15) is 11.9 Å². The number of fused-ring (bicyclic) bond motifs is 2. The lowest BCUT2D eigenvalue weighted by Crippen LogP contribution is -2.42. The predicted molar refractivity (Wildman–Crippen MR) is 141 cm³/mol. The summed E-state index contributed by atoms with van der Waals surface area (Å²) in [5.74, 6) is 1.28. The minimum atomic E-state index is -0.798. The van der Waals surface area contributed by atoms with Crippen molar-refractivity contribution in [3.63, 3.8) is 0 Å². The summed E-state index contributed by atoms with van der Waals surface area (Å²) in [6, 6.07) is 11.5. The van der Waals surface area contributed by atoms with E-state index in [9.17, 15) is 10.2 Å². The molecule has 7 heteroatoms. The summed E-state index contributed by atoms with van der Waals surface area (Å²) in [5, 5.41) is 21.1. The smallest absolute Gasteiger partial charge is 0.227 e. The van der Waals surface area contributed by atoms with E-state index in [2.05, 4.69) is 22.0 Å². The lowest BCUT2D eigenvalue weighted by molar-refractivity contribution is -0.0254. The summed E-state index contributed by atoms with van der Waals surface area (Å²) in [6.07, 6.45) is 13.8. The van der Waals surface area contributed by atoms with Gasteiger partial charge in [0.2, 0.25) is 5.88 Å². The molecule has 3 aliphatic rings. The highest BCUT2D eigenvalue weighted by Crippen LogP contribution is 2.37. The van der Waals surface area contributed by atoms with E-state index in [4.69, 9.17) is 21.1 Å². The summed E-state index contributed by atoms with van der Waals surface area (Å²) in [7, 11) is 0. The maximum Gasteiger partial charge on any atom is 0.227 e. The fourth-order valence-corrected chi connectivity index (χ4v) is 5.09. The van der Waals surface area contributed by atoms with Gasteiger partial charge in [0.05, 0.1) is 18.8 Å². The molecule has 2 aliphatic heterocycles. The number of hydrogen-bond donors (Lipinski definition) is 2. The Morgan fingerprint density at radius 1 is 1.19 bits per heavy atom. The first-order valence-electron chi connectivity index (χ1n) is 12.4. The third-order valence-corrected chi connectivity index (χ3v) is 7.24. The molecule has 1 aromatic heterocycles. The summed E-state index contributed by atoms with van der Waals surface area (Å²) < 4.78 is 12.0. The van der Waals surface area contributed by atoms with E-state index in [-0.39, 0.29) is 19.3 Å². The molecule has 2 aromatic rings. The van der Waals surface area contributed by atoms with Crippen molar-refractivity contribution in [2.75, 3.05) is 32.8 Å². The number of aliphatic hydroxyl groups excluding tert-OH is 1. The second kappa shape index (κ2) is 11.1. The largest absolute Gasteiger partial charge is 0.438 e. The normalized spacial score (nSPS) is 22.2. The minimum Gasteiger partial charge on any atom is -0.438 e. The van der Waals surface area contributed by atoms with E-state index < -0.39 is 5.60 Å². The number of likely N-dealkylation sites (tertiary alicyclic amines) is 1. The topological polar surface area (TPSA) is 75.0 Å². The molecule has 0 bridgehead atoms. The van der Waals surface area contributed by atoms with Crippen LogP contribution in [-0.2, 0) is 10.3 Å². The van der Waals surface area contributed by atoms with E-state index in [1.54, 1.807) is 6.20 Å². The van der Waals surface area contributed by atoms with Gasteiger partial charge in [-0.3, -0.25) is 0 Å². The van der Waals surface area contributed by atoms with Crippen molar-refractivity contribution in [1.29, 1.82) is 0 Å². The van der Waals surface area contributed by atoms with Crippen molar-refractivity contribution >= 4 is 17.2 Å². The SMILES string of the molecule is OCCOC1C=CC=C2Oc3ncccc3C(=CCCN3CCC(O)(c4ccc(Cl)cc4)CC3)C=C21. The van der Waals surface area contributed by atoms with Gasteiger partial charge in [-0.05, 0) is 66.8 Å². The second-order valence-corrected chi connectivity index (χ2v) is 9.75. The Bertz CT molecular complexity index is 1190. The van der Waals surface area contributed by atoms with Crippen LogP contribution in [0.4, 0.5) is 0 Å². The quantitative estimate of drug-likeness (QED) is 0.569. The number of ether oxygens (including phenoxy) is 2. The van der Waals surface area contributed by atoms with Crippen LogP contribution in [0.5, 0.6) is 5.88 Å². The fraction of sp³-hybridized carbons (Fsp3) is 0.345. The van der Waals surface area contributed by atoms with Gasteiger partial charge in [-0.25, -0.2) is 4.98 Å². The number of allylic oxidation sites excluding steroid dienone is 4. The van der Waals surface area contributed by atoms with Crippen LogP contribution < -0.4 is 4.74 Å². The second-order valence-electron chi connectivity index (χ2n) is 9.32. The van der Waals surface area contributed by atoms with Gasteiger partial charge >= 0.3 is 0 Å². The summed E-state index contributed by atoms with van der Waals surface area (Å²) in [4.78, 5) is 6.86. The Morgan fingerprint density at radius 3 is 2.78 bits per heavy atom. The zero-order chi connectivity index (χ0) is 25.0. The molecule has 1 unspecified atom stereocenters. The lowest BCUT2D eigenvalue weighted by Gasteiger charge is -2.38. The molecule has 1 saturated heterocycles. The third kappa shape index (κ3) is 5.48. The van der Waals surface area contributed by atoms with Crippen LogP contribution in [0.1, 0.15) is 30.4 Å². The molecule has 0 saturated carbocycles. The van der Waals surface area contributed by atoms with Crippen molar-refractivity contribution in [3.8, 4) is 5.88 Å². The first kappa shape index (κ1) is 24.9. The van der Waals surface area contributed by atoms with E-state index in [1.165, 1.54) is 0 Å². The van der Waals surface area contributed by atoms with E-state index >= 15 is 0 Å². The summed E-state index contributed by atoms with van der Waals surface area (Å²) >= 11 is 6.02. The molecule has 3 heterocycles. The standard InChI is InChI=1S/C29H31ClN2O4/c30-23-10-8-22(9-11-23)29(34)12-16-32(17-13-29)15-3-4-21-20-25-26(35-19-18-33)6-1-7-27(25)36-28-24(21)5-2-14-31-28/h1-2,4-11,14,20,26,33-34H,3,12-13,15-19H2. The number of pyridine rings is 1. The Morgan fingerprint density at radius 2 is 2.00 bits per heavy atom. The molecule has 0 spiro atoms. The van der Waals surface area contributed by atoms with Gasteiger partial charge in [0.15, 0.2) is 0 Å². The predicted octanol–water partition coefficient (Wildman–Crippen LogP) is 4.64. The number of aromatic nitrogens is 1.